The van der Waals surface area contributed by atoms with Gasteiger partial charge in [-0.05, 0) is 36.8 Å². The third-order valence-electron chi connectivity index (χ3n) is 4.57. The number of anilines is 1. The van der Waals surface area contributed by atoms with E-state index < -0.39 is 0 Å². The van der Waals surface area contributed by atoms with Crippen LogP contribution in [0.3, 0.4) is 0 Å². The summed E-state index contributed by atoms with van der Waals surface area (Å²) in [6, 6.07) is 13.6. The summed E-state index contributed by atoms with van der Waals surface area (Å²) in [4.78, 5) is 22.3. The largest absolute Gasteiger partial charge is 0.497 e. The van der Waals surface area contributed by atoms with Crippen molar-refractivity contribution >= 4 is 22.6 Å². The van der Waals surface area contributed by atoms with Crippen molar-refractivity contribution in [2.24, 2.45) is 0 Å². The highest BCUT2D eigenvalue weighted by Crippen LogP contribution is 2.22. The molecule has 0 radical (unpaired) electrons. The summed E-state index contributed by atoms with van der Waals surface area (Å²) in [7, 11) is 1.63. The Labute approximate surface area is 145 Å². The summed E-state index contributed by atoms with van der Waals surface area (Å²) in [5.74, 6) is 1.64. The molecule has 3 aromatic rings. The molecule has 1 fully saturated rings. The average molecular weight is 336 g/mol. The molecule has 1 atom stereocenters. The minimum atomic E-state index is -0.0805. The Kier molecular flexibility index (Phi) is 4.01. The molecule has 0 unspecified atom stereocenters. The highest BCUT2D eigenvalue weighted by molar-refractivity contribution is 5.98. The Morgan fingerprint density at radius 3 is 3.04 bits per heavy atom. The van der Waals surface area contributed by atoms with Crippen LogP contribution >= 0.6 is 0 Å². The number of rotatable bonds is 4. The number of H-pyrrole nitrogens is 1. The fraction of sp³-hybridized carbons (Fsp3) is 0.263. The van der Waals surface area contributed by atoms with Gasteiger partial charge >= 0.3 is 0 Å². The van der Waals surface area contributed by atoms with Gasteiger partial charge in [-0.1, -0.05) is 6.07 Å². The third kappa shape index (κ3) is 3.15. The standard InChI is InChI=1S/C19H20N4O2/c1-25-15-6-5-13-10-17(22-16(13)11-15)19(24)21-14-7-9-23(12-14)18-4-2-3-8-20-18/h2-6,8,10-11,14,22H,7,9,12H2,1H3,(H,21,24)/t14-/m1/s1. The minimum Gasteiger partial charge on any atom is -0.497 e. The van der Waals surface area contributed by atoms with Crippen LogP contribution in [0.4, 0.5) is 5.82 Å². The topological polar surface area (TPSA) is 70.2 Å². The number of aromatic amines is 1. The number of benzene rings is 1. The predicted octanol–water partition coefficient (Wildman–Crippen LogP) is 2.58. The summed E-state index contributed by atoms with van der Waals surface area (Å²) in [6.07, 6.45) is 2.70. The first-order valence-corrected chi connectivity index (χ1v) is 8.36. The second-order valence-corrected chi connectivity index (χ2v) is 6.23. The van der Waals surface area contributed by atoms with Crippen LogP contribution < -0.4 is 15.0 Å². The molecule has 1 aliphatic rings. The van der Waals surface area contributed by atoms with Crippen LogP contribution in [0.5, 0.6) is 5.75 Å². The first kappa shape index (κ1) is 15.5. The zero-order chi connectivity index (χ0) is 17.2. The normalized spacial score (nSPS) is 17.0. The molecular formula is C19H20N4O2. The molecule has 3 heterocycles. The zero-order valence-electron chi connectivity index (χ0n) is 14.0. The average Bonchev–Trinajstić information content (AvgIpc) is 3.28. The highest BCUT2D eigenvalue weighted by Gasteiger charge is 2.25. The molecule has 1 aliphatic heterocycles. The number of nitrogens with one attached hydrogen (secondary N) is 2. The lowest BCUT2D eigenvalue weighted by Gasteiger charge is -2.17. The van der Waals surface area contributed by atoms with Crippen LogP contribution in [0.15, 0.2) is 48.7 Å². The summed E-state index contributed by atoms with van der Waals surface area (Å²) in [6.45, 7) is 1.67. The van der Waals surface area contributed by atoms with Crippen molar-refractivity contribution in [2.45, 2.75) is 12.5 Å². The number of carbonyl (C=O) groups excluding carboxylic acids is 1. The Morgan fingerprint density at radius 1 is 1.32 bits per heavy atom. The fourth-order valence-corrected chi connectivity index (χ4v) is 3.25. The predicted molar refractivity (Wildman–Crippen MR) is 97.2 cm³/mol. The van der Waals surface area contributed by atoms with Gasteiger partial charge < -0.3 is 19.9 Å². The van der Waals surface area contributed by atoms with Crippen LogP contribution in [-0.4, -0.2) is 42.1 Å². The SMILES string of the molecule is COc1ccc2cc(C(=O)N[C@@H]3CCN(c4ccccn4)C3)[nH]c2c1. The van der Waals surface area contributed by atoms with Crippen LogP contribution in [0.1, 0.15) is 16.9 Å². The zero-order valence-corrected chi connectivity index (χ0v) is 14.0. The van der Waals surface area contributed by atoms with E-state index in [-0.39, 0.29) is 11.9 Å². The van der Waals surface area contributed by atoms with Gasteiger partial charge in [0.1, 0.15) is 17.3 Å². The monoisotopic (exact) mass is 336 g/mol. The molecule has 2 aromatic heterocycles. The van der Waals surface area contributed by atoms with Gasteiger partial charge in [-0.15, -0.1) is 0 Å². The van der Waals surface area contributed by atoms with Crippen molar-refractivity contribution in [1.82, 2.24) is 15.3 Å². The number of hydrogen-bond donors (Lipinski definition) is 2. The van der Waals surface area contributed by atoms with Crippen molar-refractivity contribution in [2.75, 3.05) is 25.1 Å². The second kappa shape index (κ2) is 6.47. The number of aromatic nitrogens is 2. The molecule has 1 saturated heterocycles. The summed E-state index contributed by atoms with van der Waals surface area (Å²) >= 11 is 0. The third-order valence-corrected chi connectivity index (χ3v) is 4.57. The van der Waals surface area contributed by atoms with E-state index in [1.54, 1.807) is 13.3 Å². The molecule has 2 N–H and O–H groups in total. The lowest BCUT2D eigenvalue weighted by Crippen LogP contribution is -2.37. The Bertz CT molecular complexity index is 891. The summed E-state index contributed by atoms with van der Waals surface area (Å²) in [5, 5.41) is 4.11. The van der Waals surface area contributed by atoms with Crippen LogP contribution in [-0.2, 0) is 0 Å². The quantitative estimate of drug-likeness (QED) is 0.768. The molecule has 0 saturated carbocycles. The Morgan fingerprint density at radius 2 is 2.24 bits per heavy atom. The molecule has 25 heavy (non-hydrogen) atoms. The van der Waals surface area contributed by atoms with Crippen molar-refractivity contribution < 1.29 is 9.53 Å². The molecule has 128 valence electrons. The lowest BCUT2D eigenvalue weighted by atomic mass is 10.2. The summed E-state index contributed by atoms with van der Waals surface area (Å²) < 4.78 is 5.22. The molecule has 4 rings (SSSR count). The Hall–Kier alpha value is -3.02. The van der Waals surface area contributed by atoms with E-state index in [0.717, 1.165) is 42.0 Å². The van der Waals surface area contributed by atoms with E-state index in [2.05, 4.69) is 20.2 Å². The highest BCUT2D eigenvalue weighted by atomic mass is 16.5. The van der Waals surface area contributed by atoms with Crippen molar-refractivity contribution in [3.63, 3.8) is 0 Å². The first-order valence-electron chi connectivity index (χ1n) is 8.36. The van der Waals surface area contributed by atoms with E-state index in [0.29, 0.717) is 5.69 Å². The van der Waals surface area contributed by atoms with Gasteiger partial charge in [0.25, 0.3) is 5.91 Å². The van der Waals surface area contributed by atoms with E-state index >= 15 is 0 Å². The molecule has 0 aliphatic carbocycles. The number of ether oxygens (including phenoxy) is 1. The summed E-state index contributed by atoms with van der Waals surface area (Å²) in [5.41, 5.74) is 1.46. The number of amides is 1. The Balaban J connectivity index is 1.44. The van der Waals surface area contributed by atoms with Crippen LogP contribution in [0, 0.1) is 0 Å². The maximum atomic E-state index is 12.6. The maximum Gasteiger partial charge on any atom is 0.268 e. The molecule has 6 nitrogen and oxygen atoms in total. The van der Waals surface area contributed by atoms with Gasteiger partial charge in [-0.2, -0.15) is 0 Å². The van der Waals surface area contributed by atoms with Gasteiger partial charge in [0.2, 0.25) is 0 Å². The number of nitrogens with zero attached hydrogens (tertiary/aromatic N) is 2. The van der Waals surface area contributed by atoms with Gasteiger partial charge in [-0.3, -0.25) is 4.79 Å². The number of hydrogen-bond acceptors (Lipinski definition) is 4. The molecular weight excluding hydrogens is 316 g/mol. The van der Waals surface area contributed by atoms with Crippen molar-refractivity contribution in [1.29, 1.82) is 0 Å². The van der Waals surface area contributed by atoms with Crippen molar-refractivity contribution in [3.8, 4) is 5.75 Å². The number of pyridine rings is 1. The molecule has 1 aromatic carbocycles. The second-order valence-electron chi connectivity index (χ2n) is 6.23. The van der Waals surface area contributed by atoms with E-state index in [4.69, 9.17) is 4.74 Å². The molecule has 6 heteroatoms. The smallest absolute Gasteiger partial charge is 0.268 e. The van der Waals surface area contributed by atoms with E-state index in [1.807, 2.05) is 42.5 Å². The number of fused-ring (bicyclic) bond motifs is 1. The molecule has 0 spiro atoms. The van der Waals surface area contributed by atoms with E-state index in [1.165, 1.54) is 0 Å². The first-order chi connectivity index (χ1) is 12.2. The van der Waals surface area contributed by atoms with Crippen LogP contribution in [0.25, 0.3) is 10.9 Å². The van der Waals surface area contributed by atoms with Crippen LogP contribution in [0.2, 0.25) is 0 Å². The van der Waals surface area contributed by atoms with Gasteiger partial charge in [0.15, 0.2) is 0 Å². The van der Waals surface area contributed by atoms with Gasteiger partial charge in [0, 0.05) is 42.3 Å². The van der Waals surface area contributed by atoms with Gasteiger partial charge in [0.05, 0.1) is 7.11 Å². The number of carbonyl (C=O) groups is 1. The fourth-order valence-electron chi connectivity index (χ4n) is 3.25. The van der Waals surface area contributed by atoms with E-state index in [9.17, 15) is 4.79 Å². The lowest BCUT2D eigenvalue weighted by molar-refractivity contribution is 0.0936. The molecule has 1 amide bonds. The maximum absolute atomic E-state index is 12.6. The van der Waals surface area contributed by atoms with Crippen molar-refractivity contribution in [3.05, 3.63) is 54.4 Å². The number of methoxy groups -OCH3 is 1. The molecule has 0 bridgehead atoms. The minimum absolute atomic E-state index is 0.0805. The van der Waals surface area contributed by atoms with Gasteiger partial charge in [-0.25, -0.2) is 4.98 Å².